The molecule has 1 aromatic rings. The van der Waals surface area contributed by atoms with Crippen LogP contribution in [0, 0.1) is 0 Å². The molecular weight excluding hydrogens is 308 g/mol. The second-order valence-corrected chi connectivity index (χ2v) is 5.25. The lowest BCUT2D eigenvalue weighted by Crippen LogP contribution is -3.15. The maximum atomic E-state index is 12.0. The highest BCUT2D eigenvalue weighted by molar-refractivity contribution is 6.33. The van der Waals surface area contributed by atoms with Gasteiger partial charge in [0.05, 0.1) is 17.8 Å². The zero-order valence-corrected chi connectivity index (χ0v) is 13.5. The molecule has 0 saturated carbocycles. The molecule has 2 atom stereocenters. The third kappa shape index (κ3) is 5.34. The molecule has 0 aliphatic heterocycles. The number of benzene rings is 1. The molecule has 7 nitrogen and oxygen atoms in total. The SMILES string of the molecule is CNC(=O)NC(=O)[C@H](C)[NH+](C)CC(=O)Nc1ccccc1Cl. The Balaban J connectivity index is 2.55. The van der Waals surface area contributed by atoms with Gasteiger partial charge in [-0.05, 0) is 19.1 Å². The monoisotopic (exact) mass is 327 g/mol. The number of anilines is 1. The molecule has 0 aliphatic rings. The fraction of sp³-hybridized carbons (Fsp3) is 0.357. The molecule has 4 amide bonds. The first-order chi connectivity index (χ1) is 10.3. The Hall–Kier alpha value is -2.12. The van der Waals surface area contributed by atoms with E-state index in [-0.39, 0.29) is 12.5 Å². The Labute approximate surface area is 134 Å². The minimum absolute atomic E-state index is 0.0630. The second-order valence-electron chi connectivity index (χ2n) is 4.84. The quantitative estimate of drug-likeness (QED) is 0.595. The first-order valence-corrected chi connectivity index (χ1v) is 7.12. The van der Waals surface area contributed by atoms with E-state index < -0.39 is 18.0 Å². The predicted octanol–water partition coefficient (Wildman–Crippen LogP) is -0.363. The molecule has 0 bridgehead atoms. The van der Waals surface area contributed by atoms with Gasteiger partial charge in [0.1, 0.15) is 0 Å². The first-order valence-electron chi connectivity index (χ1n) is 6.74. The first kappa shape index (κ1) is 17.9. The summed E-state index contributed by atoms with van der Waals surface area (Å²) in [7, 11) is 3.11. The molecule has 0 aliphatic carbocycles. The van der Waals surface area contributed by atoms with Crippen LogP contribution in [0.3, 0.4) is 0 Å². The van der Waals surface area contributed by atoms with Crippen LogP contribution in [0.4, 0.5) is 10.5 Å². The number of amides is 4. The van der Waals surface area contributed by atoms with Gasteiger partial charge in [0.25, 0.3) is 11.8 Å². The number of para-hydroxylation sites is 1. The number of likely N-dealkylation sites (N-methyl/N-ethyl adjacent to an activating group) is 1. The molecule has 0 spiro atoms. The lowest BCUT2D eigenvalue weighted by Gasteiger charge is -2.20. The molecule has 22 heavy (non-hydrogen) atoms. The lowest BCUT2D eigenvalue weighted by molar-refractivity contribution is -0.885. The van der Waals surface area contributed by atoms with E-state index in [0.717, 1.165) is 0 Å². The summed E-state index contributed by atoms with van der Waals surface area (Å²) in [6.07, 6.45) is 0. The summed E-state index contributed by atoms with van der Waals surface area (Å²) in [6.45, 7) is 1.70. The van der Waals surface area contributed by atoms with Crippen molar-refractivity contribution in [3.63, 3.8) is 0 Å². The summed E-state index contributed by atoms with van der Waals surface area (Å²) >= 11 is 5.96. The van der Waals surface area contributed by atoms with E-state index >= 15 is 0 Å². The van der Waals surface area contributed by atoms with Gasteiger partial charge in [0.15, 0.2) is 12.6 Å². The Morgan fingerprint density at radius 1 is 1.27 bits per heavy atom. The molecule has 4 N–H and O–H groups in total. The van der Waals surface area contributed by atoms with Crippen molar-refractivity contribution in [3.8, 4) is 0 Å². The van der Waals surface area contributed by atoms with Crippen LogP contribution in [0.5, 0.6) is 0 Å². The molecular formula is C14H20ClN4O3+. The van der Waals surface area contributed by atoms with Crippen molar-refractivity contribution in [3.05, 3.63) is 29.3 Å². The van der Waals surface area contributed by atoms with Crippen LogP contribution >= 0.6 is 11.6 Å². The molecule has 1 aromatic carbocycles. The number of carbonyl (C=O) groups is 3. The number of rotatable bonds is 5. The van der Waals surface area contributed by atoms with Crippen LogP contribution in [0.15, 0.2) is 24.3 Å². The fourth-order valence-electron chi connectivity index (χ4n) is 1.67. The predicted molar refractivity (Wildman–Crippen MR) is 83.9 cm³/mol. The number of urea groups is 1. The highest BCUT2D eigenvalue weighted by Crippen LogP contribution is 2.19. The van der Waals surface area contributed by atoms with E-state index in [4.69, 9.17) is 11.6 Å². The van der Waals surface area contributed by atoms with Crippen molar-refractivity contribution in [2.75, 3.05) is 26.0 Å². The summed E-state index contributed by atoms with van der Waals surface area (Å²) in [6, 6.07) is 5.75. The summed E-state index contributed by atoms with van der Waals surface area (Å²) in [5.74, 6) is -0.729. The number of carbonyl (C=O) groups excluding carboxylic acids is 3. The summed E-state index contributed by atoms with van der Waals surface area (Å²) in [4.78, 5) is 35.5. The van der Waals surface area contributed by atoms with E-state index in [2.05, 4.69) is 16.0 Å². The second kappa shape index (κ2) is 8.35. The molecule has 8 heteroatoms. The largest absolute Gasteiger partial charge is 0.341 e. The van der Waals surface area contributed by atoms with Crippen LogP contribution in [-0.4, -0.2) is 44.5 Å². The molecule has 1 unspecified atom stereocenters. The van der Waals surface area contributed by atoms with Crippen LogP contribution in [-0.2, 0) is 9.59 Å². The Bertz CT molecular complexity index is 565. The van der Waals surface area contributed by atoms with Crippen molar-refractivity contribution in [2.45, 2.75) is 13.0 Å². The molecule has 0 radical (unpaired) electrons. The zero-order chi connectivity index (χ0) is 16.7. The molecule has 0 heterocycles. The average molecular weight is 328 g/mol. The summed E-state index contributed by atoms with van der Waals surface area (Å²) in [5, 5.41) is 7.60. The van der Waals surface area contributed by atoms with Gasteiger partial charge in [-0.1, -0.05) is 23.7 Å². The number of hydrogen-bond acceptors (Lipinski definition) is 3. The van der Waals surface area contributed by atoms with Gasteiger partial charge in [0.2, 0.25) is 0 Å². The lowest BCUT2D eigenvalue weighted by atomic mass is 10.2. The zero-order valence-electron chi connectivity index (χ0n) is 12.7. The van der Waals surface area contributed by atoms with Gasteiger partial charge in [-0.25, -0.2) is 4.79 Å². The van der Waals surface area contributed by atoms with E-state index in [9.17, 15) is 14.4 Å². The summed E-state index contributed by atoms with van der Waals surface area (Å²) in [5.41, 5.74) is 0.518. The molecule has 1 rings (SSSR count). The van der Waals surface area contributed by atoms with E-state index in [0.29, 0.717) is 15.6 Å². The van der Waals surface area contributed by atoms with Gasteiger partial charge in [-0.15, -0.1) is 0 Å². The Morgan fingerprint density at radius 2 is 1.91 bits per heavy atom. The van der Waals surface area contributed by atoms with Crippen LogP contribution in [0.2, 0.25) is 5.02 Å². The molecule has 0 aromatic heterocycles. The third-order valence-electron chi connectivity index (χ3n) is 3.18. The van der Waals surface area contributed by atoms with Gasteiger partial charge in [-0.3, -0.25) is 14.9 Å². The van der Waals surface area contributed by atoms with Crippen molar-refractivity contribution in [1.29, 1.82) is 0 Å². The molecule has 120 valence electrons. The number of halogens is 1. The van der Waals surface area contributed by atoms with E-state index in [1.165, 1.54) is 7.05 Å². The van der Waals surface area contributed by atoms with Gasteiger partial charge in [0, 0.05) is 7.05 Å². The Morgan fingerprint density at radius 3 is 2.50 bits per heavy atom. The molecule has 0 saturated heterocycles. The fourth-order valence-corrected chi connectivity index (χ4v) is 1.85. The smallest absolute Gasteiger partial charge is 0.321 e. The maximum absolute atomic E-state index is 12.0. The van der Waals surface area contributed by atoms with Gasteiger partial charge >= 0.3 is 6.03 Å². The van der Waals surface area contributed by atoms with Gasteiger partial charge < -0.3 is 15.5 Å². The van der Waals surface area contributed by atoms with E-state index in [1.807, 2.05) is 0 Å². The Kier molecular flexibility index (Phi) is 6.81. The minimum Gasteiger partial charge on any atom is -0.341 e. The van der Waals surface area contributed by atoms with Crippen LogP contribution in [0.25, 0.3) is 0 Å². The van der Waals surface area contributed by atoms with Crippen molar-refractivity contribution in [2.24, 2.45) is 0 Å². The molecule has 0 fully saturated rings. The number of nitrogens with one attached hydrogen (secondary N) is 4. The van der Waals surface area contributed by atoms with Crippen molar-refractivity contribution >= 4 is 35.1 Å². The highest BCUT2D eigenvalue weighted by atomic mass is 35.5. The van der Waals surface area contributed by atoms with Crippen LogP contribution in [0.1, 0.15) is 6.92 Å². The average Bonchev–Trinajstić information content (AvgIpc) is 2.48. The summed E-state index contributed by atoms with van der Waals surface area (Å²) < 4.78 is 0. The minimum atomic E-state index is -0.579. The van der Waals surface area contributed by atoms with Crippen molar-refractivity contribution in [1.82, 2.24) is 10.6 Å². The topological polar surface area (TPSA) is 91.7 Å². The number of imide groups is 1. The third-order valence-corrected chi connectivity index (χ3v) is 3.51. The number of quaternary nitrogens is 1. The highest BCUT2D eigenvalue weighted by Gasteiger charge is 2.25. The van der Waals surface area contributed by atoms with Gasteiger partial charge in [-0.2, -0.15) is 0 Å². The number of hydrogen-bond donors (Lipinski definition) is 4. The van der Waals surface area contributed by atoms with Crippen molar-refractivity contribution < 1.29 is 19.3 Å². The van der Waals surface area contributed by atoms with Crippen LogP contribution < -0.4 is 20.9 Å². The standard InChI is InChI=1S/C14H19ClN4O3/c1-9(13(21)18-14(22)16-2)19(3)8-12(20)17-11-7-5-4-6-10(11)15/h4-7,9H,8H2,1-3H3,(H,17,20)(H2,16,18,21,22)/p+1/t9-/m0/s1. The normalized spacial score (nSPS) is 12.9. The maximum Gasteiger partial charge on any atom is 0.321 e. The van der Waals surface area contributed by atoms with E-state index in [1.54, 1.807) is 38.2 Å².